The van der Waals surface area contributed by atoms with Crippen molar-refractivity contribution in [1.82, 2.24) is 14.9 Å². The van der Waals surface area contributed by atoms with Gasteiger partial charge in [0.25, 0.3) is 5.92 Å². The van der Waals surface area contributed by atoms with Crippen molar-refractivity contribution in [1.29, 1.82) is 0 Å². The molecule has 6 nitrogen and oxygen atoms in total. The Balaban J connectivity index is 1.75. The molecule has 2 N–H and O–H groups in total. The Bertz CT molecular complexity index is 483. The maximum Gasteiger partial charge on any atom is 0.262 e. The van der Waals surface area contributed by atoms with Crippen molar-refractivity contribution >= 4 is 15.9 Å². The molecule has 0 aromatic rings. The van der Waals surface area contributed by atoms with E-state index >= 15 is 0 Å². The van der Waals surface area contributed by atoms with E-state index < -0.39 is 40.9 Å². The number of nitrogens with one attached hydrogen (secondary N) is 2. The third-order valence-electron chi connectivity index (χ3n) is 3.71. The third kappa shape index (κ3) is 3.86. The predicted octanol–water partition coefficient (Wildman–Crippen LogP) is -0.619. The van der Waals surface area contributed by atoms with Gasteiger partial charge in [-0.1, -0.05) is 0 Å². The van der Waals surface area contributed by atoms with E-state index in [9.17, 15) is 22.0 Å². The lowest BCUT2D eigenvalue weighted by Gasteiger charge is -2.15. The zero-order valence-corrected chi connectivity index (χ0v) is 12.0. The smallest absolute Gasteiger partial charge is 0.262 e. The SMILES string of the molecule is CS(=O)(=O)N1CCC(CNC(=O)C2CC(F)(F)CN2)C1. The number of carbonyl (C=O) groups is 1. The van der Waals surface area contributed by atoms with Crippen LogP contribution in [0.25, 0.3) is 0 Å². The fourth-order valence-electron chi connectivity index (χ4n) is 2.53. The standard InChI is InChI=1S/C11H19F2N3O3S/c1-20(18,19)16-3-2-8(6-16)5-14-10(17)9-4-11(12,13)7-15-9/h8-9,15H,2-7H2,1H3,(H,14,17). The van der Waals surface area contributed by atoms with Gasteiger partial charge in [0.05, 0.1) is 18.8 Å². The van der Waals surface area contributed by atoms with E-state index in [-0.39, 0.29) is 5.92 Å². The fraction of sp³-hybridized carbons (Fsp3) is 0.909. The van der Waals surface area contributed by atoms with E-state index in [4.69, 9.17) is 0 Å². The molecule has 2 rings (SSSR count). The van der Waals surface area contributed by atoms with Crippen molar-refractivity contribution in [3.63, 3.8) is 0 Å². The van der Waals surface area contributed by atoms with Crippen LogP contribution in [-0.4, -0.2) is 63.0 Å². The molecule has 0 aromatic carbocycles. The molecular formula is C11H19F2N3O3S. The summed E-state index contributed by atoms with van der Waals surface area (Å²) in [6.07, 6.45) is 1.33. The van der Waals surface area contributed by atoms with Crippen LogP contribution in [-0.2, 0) is 14.8 Å². The number of hydrogen-bond donors (Lipinski definition) is 2. The molecule has 0 aromatic heterocycles. The number of sulfonamides is 1. The number of nitrogens with zero attached hydrogens (tertiary/aromatic N) is 1. The first kappa shape index (κ1) is 15.6. The van der Waals surface area contributed by atoms with Crippen LogP contribution in [0.3, 0.4) is 0 Å². The predicted molar refractivity (Wildman–Crippen MR) is 68.9 cm³/mol. The van der Waals surface area contributed by atoms with Gasteiger partial charge in [0.15, 0.2) is 0 Å². The molecule has 2 atom stereocenters. The van der Waals surface area contributed by atoms with Gasteiger partial charge in [-0.15, -0.1) is 0 Å². The van der Waals surface area contributed by atoms with E-state index in [2.05, 4.69) is 10.6 Å². The Hall–Kier alpha value is -0.800. The zero-order valence-electron chi connectivity index (χ0n) is 11.2. The Labute approximate surface area is 116 Å². The zero-order chi connectivity index (χ0) is 15.0. The largest absolute Gasteiger partial charge is 0.354 e. The van der Waals surface area contributed by atoms with Crippen molar-refractivity contribution < 1.29 is 22.0 Å². The highest BCUT2D eigenvalue weighted by Gasteiger charge is 2.42. The highest BCUT2D eigenvalue weighted by Crippen LogP contribution is 2.25. The van der Waals surface area contributed by atoms with Gasteiger partial charge in [-0.25, -0.2) is 21.5 Å². The third-order valence-corrected chi connectivity index (χ3v) is 4.98. The van der Waals surface area contributed by atoms with Gasteiger partial charge in [0, 0.05) is 26.1 Å². The molecule has 116 valence electrons. The van der Waals surface area contributed by atoms with Crippen molar-refractivity contribution in [2.45, 2.75) is 24.8 Å². The minimum absolute atomic E-state index is 0.0376. The molecule has 0 aliphatic carbocycles. The number of halogens is 2. The summed E-state index contributed by atoms with van der Waals surface area (Å²) in [5.74, 6) is -3.24. The lowest BCUT2D eigenvalue weighted by molar-refractivity contribution is -0.123. The van der Waals surface area contributed by atoms with E-state index in [1.54, 1.807) is 0 Å². The van der Waals surface area contributed by atoms with Crippen LogP contribution in [0.15, 0.2) is 0 Å². The number of carbonyl (C=O) groups excluding carboxylic acids is 1. The summed E-state index contributed by atoms with van der Waals surface area (Å²) in [5.41, 5.74) is 0. The summed E-state index contributed by atoms with van der Waals surface area (Å²) in [5, 5.41) is 5.11. The Morgan fingerprint density at radius 2 is 2.20 bits per heavy atom. The summed E-state index contributed by atoms with van der Waals surface area (Å²) >= 11 is 0. The van der Waals surface area contributed by atoms with Crippen LogP contribution in [0.1, 0.15) is 12.8 Å². The summed E-state index contributed by atoms with van der Waals surface area (Å²) in [4.78, 5) is 11.7. The van der Waals surface area contributed by atoms with Crippen LogP contribution in [0, 0.1) is 5.92 Å². The molecule has 1 amide bonds. The lowest BCUT2D eigenvalue weighted by atomic mass is 10.1. The number of hydrogen-bond acceptors (Lipinski definition) is 4. The van der Waals surface area contributed by atoms with Gasteiger partial charge in [-0.05, 0) is 12.3 Å². The van der Waals surface area contributed by atoms with E-state index in [1.165, 1.54) is 4.31 Å². The molecular weight excluding hydrogens is 292 g/mol. The summed E-state index contributed by atoms with van der Waals surface area (Å²) in [6.45, 7) is 0.650. The van der Waals surface area contributed by atoms with E-state index in [0.717, 1.165) is 6.26 Å². The normalized spacial score (nSPS) is 30.6. The molecule has 2 fully saturated rings. The molecule has 0 saturated carbocycles. The Kier molecular flexibility index (Phi) is 4.31. The molecule has 9 heteroatoms. The van der Waals surface area contributed by atoms with Gasteiger partial charge in [0.1, 0.15) is 0 Å². The molecule has 2 heterocycles. The van der Waals surface area contributed by atoms with Crippen molar-refractivity contribution in [2.24, 2.45) is 5.92 Å². The number of rotatable bonds is 4. The van der Waals surface area contributed by atoms with Crippen LogP contribution >= 0.6 is 0 Å². The first-order valence-corrected chi connectivity index (χ1v) is 8.36. The van der Waals surface area contributed by atoms with E-state index in [0.29, 0.717) is 26.1 Å². The fourth-order valence-corrected chi connectivity index (χ4v) is 3.45. The molecule has 2 aliphatic rings. The second-order valence-corrected chi connectivity index (χ2v) is 7.50. The summed E-state index contributed by atoms with van der Waals surface area (Å²) in [6, 6.07) is -0.864. The average molecular weight is 311 g/mol. The topological polar surface area (TPSA) is 78.5 Å². The van der Waals surface area contributed by atoms with Crippen molar-refractivity contribution in [3.05, 3.63) is 0 Å². The summed E-state index contributed by atoms with van der Waals surface area (Å²) < 4.78 is 50.0. The highest BCUT2D eigenvalue weighted by atomic mass is 32.2. The molecule has 2 aliphatic heterocycles. The van der Waals surface area contributed by atoms with Gasteiger partial charge >= 0.3 is 0 Å². The minimum Gasteiger partial charge on any atom is -0.354 e. The van der Waals surface area contributed by atoms with Gasteiger partial charge in [0.2, 0.25) is 15.9 Å². The molecule has 2 unspecified atom stereocenters. The van der Waals surface area contributed by atoms with Gasteiger partial charge < -0.3 is 5.32 Å². The van der Waals surface area contributed by atoms with Crippen molar-refractivity contribution in [2.75, 3.05) is 32.4 Å². The minimum atomic E-state index is -3.20. The number of amides is 1. The Morgan fingerprint density at radius 3 is 2.70 bits per heavy atom. The van der Waals surface area contributed by atoms with Crippen LogP contribution in [0.2, 0.25) is 0 Å². The summed E-state index contributed by atoms with van der Waals surface area (Å²) in [7, 11) is -3.20. The monoisotopic (exact) mass is 311 g/mol. The Morgan fingerprint density at radius 1 is 1.50 bits per heavy atom. The van der Waals surface area contributed by atoms with Crippen LogP contribution < -0.4 is 10.6 Å². The lowest BCUT2D eigenvalue weighted by Crippen LogP contribution is -2.42. The second kappa shape index (κ2) is 5.53. The number of alkyl halides is 2. The maximum atomic E-state index is 13.0. The first-order valence-electron chi connectivity index (χ1n) is 6.51. The van der Waals surface area contributed by atoms with Gasteiger partial charge in [-0.2, -0.15) is 0 Å². The molecule has 0 bridgehead atoms. The maximum absolute atomic E-state index is 13.0. The van der Waals surface area contributed by atoms with Gasteiger partial charge in [-0.3, -0.25) is 10.1 Å². The highest BCUT2D eigenvalue weighted by molar-refractivity contribution is 7.88. The van der Waals surface area contributed by atoms with Crippen molar-refractivity contribution in [3.8, 4) is 0 Å². The van der Waals surface area contributed by atoms with E-state index in [1.807, 2.05) is 0 Å². The average Bonchev–Trinajstić information content (AvgIpc) is 2.91. The quantitative estimate of drug-likeness (QED) is 0.725. The van der Waals surface area contributed by atoms with Crippen LogP contribution in [0.4, 0.5) is 8.78 Å². The molecule has 0 radical (unpaired) electrons. The molecule has 20 heavy (non-hydrogen) atoms. The van der Waals surface area contributed by atoms with Crippen LogP contribution in [0.5, 0.6) is 0 Å². The molecule has 2 saturated heterocycles. The first-order chi connectivity index (χ1) is 9.17. The second-order valence-electron chi connectivity index (χ2n) is 5.51. The molecule has 0 spiro atoms.